The molecule has 111 heavy (non-hydrogen) atoms. The SMILES string of the molecule is NC(Cc1cc(I)c(O)c(I)c1)C(=O)O.NC(Cc1cc(I)c(Oc2cc(I)c(O)c(I)c2)c(I)c1)C(=O)O.NC(Cc1cc(I)c(Oc2ccc(O)c(I)c2)c(I)c1)C(=O)O.NC(Cc1cc(I)c(Oc2ccc(O)cc2)c(I)c1)C(=O)O.NC(Cc1ccc(I)cc1)C(=O)O.NC(Cc1ccc(O)c(I)c1)C(=O)O. The van der Waals surface area contributed by atoms with Crippen molar-refractivity contribution in [2.24, 2.45) is 34.4 Å². The molecule has 0 aliphatic carbocycles. The van der Waals surface area contributed by atoms with Gasteiger partial charge in [0.15, 0.2) is 17.2 Å². The highest BCUT2D eigenvalue weighted by Gasteiger charge is 2.22. The molecule has 0 bridgehead atoms. The first kappa shape index (κ1) is 101. The average molecular weight is 2980 g/mol. The number of phenolic OH excluding ortho intramolecular Hbond substituents is 5. The maximum Gasteiger partial charge on any atom is 0.320 e. The third kappa shape index (κ3) is 35.5. The minimum Gasteiger partial charge on any atom is -0.508 e. The number of aliphatic carboxylic acids is 6. The van der Waals surface area contributed by atoms with Gasteiger partial charge >= 0.3 is 35.8 Å². The summed E-state index contributed by atoms with van der Waals surface area (Å²) in [6.07, 6.45) is 1.70. The lowest BCUT2D eigenvalue weighted by molar-refractivity contribution is -0.139. The number of carbonyl (C=O) groups is 6. The minimum absolute atomic E-state index is 0.176. The summed E-state index contributed by atoms with van der Waals surface area (Å²) in [5.41, 5.74) is 38.0. The topological polar surface area (TPSA) is 509 Å². The van der Waals surface area contributed by atoms with Crippen molar-refractivity contribution < 1.29 is 99.1 Å². The van der Waals surface area contributed by atoms with Crippen molar-refractivity contribution in [2.45, 2.75) is 74.8 Å². The van der Waals surface area contributed by atoms with Crippen LogP contribution < -0.4 is 48.6 Å². The Labute approximate surface area is 813 Å². The lowest BCUT2D eigenvalue weighted by atomic mass is 10.1. The van der Waals surface area contributed by atoms with Crippen LogP contribution in [0.4, 0.5) is 0 Å². The van der Waals surface area contributed by atoms with E-state index in [9.17, 15) is 54.3 Å². The molecule has 9 aromatic rings. The fourth-order valence-corrected chi connectivity index (χ4v) is 20.0. The van der Waals surface area contributed by atoms with E-state index in [0.717, 1.165) is 58.4 Å². The van der Waals surface area contributed by atoms with Gasteiger partial charge in [0.1, 0.15) is 82.2 Å². The molecular formula is C72H65I13N6O20. The molecular weight excluding hydrogens is 2920 g/mol. The number of carboxylic acids is 6. The molecule has 0 aromatic heterocycles. The van der Waals surface area contributed by atoms with Crippen LogP contribution in [-0.4, -0.2) is 128 Å². The monoisotopic (exact) mass is 2980 g/mol. The number of carboxylic acid groups (broad SMARTS) is 6. The maximum absolute atomic E-state index is 10.9. The minimum atomic E-state index is -1.02. The molecule has 9 rings (SSSR count). The van der Waals surface area contributed by atoms with Gasteiger partial charge in [0.05, 0.1) is 42.8 Å². The molecule has 0 fully saturated rings. The summed E-state index contributed by atoms with van der Waals surface area (Å²) in [4.78, 5) is 64.1. The van der Waals surface area contributed by atoms with Crippen LogP contribution in [-0.2, 0) is 67.3 Å². The van der Waals surface area contributed by atoms with Gasteiger partial charge in [0.25, 0.3) is 0 Å². The Balaban J connectivity index is 0.000000285. The number of ether oxygens (including phenoxy) is 3. The number of nitrogens with two attached hydrogens (primary N) is 6. The zero-order valence-corrected chi connectivity index (χ0v) is 84.6. The number of aromatic hydroxyl groups is 5. The normalized spacial score (nSPS) is 12.2. The first-order chi connectivity index (χ1) is 51.8. The van der Waals surface area contributed by atoms with E-state index < -0.39 is 72.1 Å². The predicted octanol–water partition coefficient (Wildman–Crippen LogP) is 15.6. The summed E-state index contributed by atoms with van der Waals surface area (Å²) in [5, 5.41) is 100.0. The highest BCUT2D eigenvalue weighted by atomic mass is 127. The quantitative estimate of drug-likeness (QED) is 0.0250. The van der Waals surface area contributed by atoms with E-state index in [4.69, 9.17) is 79.3 Å². The first-order valence-electron chi connectivity index (χ1n) is 31.1. The molecule has 0 spiro atoms. The molecule has 6 atom stereocenters. The summed E-state index contributed by atoms with van der Waals surface area (Å²) in [5.74, 6) is -1.06. The Morgan fingerprint density at radius 3 is 0.793 bits per heavy atom. The molecule has 0 saturated heterocycles. The molecule has 6 unspecified atom stereocenters. The summed E-state index contributed by atoms with van der Waals surface area (Å²) < 4.78 is 28.3. The number of hydrogen-bond acceptors (Lipinski definition) is 20. The van der Waals surface area contributed by atoms with E-state index in [2.05, 4.69) is 203 Å². The number of rotatable bonds is 24. The summed E-state index contributed by atoms with van der Waals surface area (Å²) in [6.45, 7) is 0. The van der Waals surface area contributed by atoms with Gasteiger partial charge in [0.2, 0.25) is 0 Å². The van der Waals surface area contributed by atoms with Crippen molar-refractivity contribution in [1.82, 2.24) is 0 Å². The molecule has 0 saturated carbocycles. The number of halogens is 13. The maximum atomic E-state index is 10.9. The highest BCUT2D eigenvalue weighted by molar-refractivity contribution is 14.1. The van der Waals surface area contributed by atoms with Crippen LogP contribution in [0.1, 0.15) is 33.4 Å². The standard InChI is InChI=1S/C15H11I4NO4.C15H12I3NO4.C15H13I2NO4.C9H9I2NO3.C9H10INO3.C9H10INO2/c16-8-4-7(5-9(17)13(8)21)24-14-10(18)1-6(2-11(14)19)3-12(20)15(22)23;16-9-6-8(1-2-13(9)20)23-14-10(17)3-7(4-11(14)18)5-12(19)15(21)22;16-11-5-8(7-13(18)15(20)21)6-12(17)14(11)22-10-3-1-9(19)2-4-10;10-5-1-4(2-6(11)8(5)13)3-7(12)9(14)15;10-6-3-5(1-2-8(6)12)4-7(11)9(13)14;10-7-3-1-6(2-4-7)5-8(11)9(12)13/h1-2,4-5,12,21H,3,20H2,(H,22,23);1-4,6,12,20H,5,19H2,(H,21,22);1-6,13,19H,7,18H2,(H,20,21);1-2,7,13H,3,12H2,(H,14,15);1-3,7,12H,4,11H2,(H,13,14);1-4,8H,5,11H2,(H,12,13). The Bertz CT molecular complexity index is 4650. The van der Waals surface area contributed by atoms with Gasteiger partial charge in [0, 0.05) is 3.57 Å². The Kier molecular flexibility index (Phi) is 45.2. The second-order valence-corrected chi connectivity index (χ2v) is 38.2. The van der Waals surface area contributed by atoms with Crippen molar-refractivity contribution in [3.8, 4) is 63.2 Å². The molecule has 0 heterocycles. The molecule has 39 heteroatoms. The van der Waals surface area contributed by atoms with Gasteiger partial charge in [-0.05, 0) is 493 Å². The zero-order valence-electron chi connectivity index (χ0n) is 56.5. The molecule has 0 aliphatic rings. The van der Waals surface area contributed by atoms with Crippen LogP contribution in [0.15, 0.2) is 146 Å². The van der Waals surface area contributed by atoms with Crippen molar-refractivity contribution in [2.75, 3.05) is 0 Å². The predicted molar refractivity (Wildman–Crippen MR) is 528 cm³/mol. The van der Waals surface area contributed by atoms with Crippen LogP contribution in [0, 0.1) is 46.4 Å². The zero-order chi connectivity index (χ0) is 83.6. The lowest BCUT2D eigenvalue weighted by Crippen LogP contribution is -2.32. The molecule has 9 aromatic carbocycles. The van der Waals surface area contributed by atoms with Crippen molar-refractivity contribution in [1.29, 1.82) is 0 Å². The Morgan fingerprint density at radius 1 is 0.261 bits per heavy atom. The average Bonchev–Trinajstić information content (AvgIpc) is 1.20. The molecule has 0 amide bonds. The van der Waals surface area contributed by atoms with E-state index >= 15 is 0 Å². The molecule has 594 valence electrons. The lowest BCUT2D eigenvalue weighted by Gasteiger charge is -2.14. The van der Waals surface area contributed by atoms with Crippen LogP contribution in [0.3, 0.4) is 0 Å². The third-order valence-electron chi connectivity index (χ3n) is 14.2. The molecule has 0 aliphatic heterocycles. The van der Waals surface area contributed by atoms with Crippen molar-refractivity contribution >= 4 is 329 Å². The van der Waals surface area contributed by atoms with Gasteiger partial charge in [-0.3, -0.25) is 28.8 Å². The first-order valence-corrected chi connectivity index (χ1v) is 45.1. The van der Waals surface area contributed by atoms with Gasteiger partial charge in [-0.1, -0.05) is 18.2 Å². The van der Waals surface area contributed by atoms with E-state index in [1.807, 2.05) is 151 Å². The number of phenols is 5. The van der Waals surface area contributed by atoms with Crippen molar-refractivity contribution in [3.63, 3.8) is 0 Å². The van der Waals surface area contributed by atoms with Crippen LogP contribution in [0.25, 0.3) is 0 Å². The van der Waals surface area contributed by atoms with E-state index in [1.54, 1.807) is 78.9 Å². The van der Waals surface area contributed by atoms with E-state index in [-0.39, 0.29) is 60.9 Å². The van der Waals surface area contributed by atoms with Crippen LogP contribution in [0.2, 0.25) is 0 Å². The summed E-state index contributed by atoms with van der Waals surface area (Å²) >= 11 is 27.2. The molecule has 23 N–H and O–H groups in total. The fraction of sp³-hybridized carbons (Fsp3) is 0.167. The number of hydrogen-bond donors (Lipinski definition) is 17. The second-order valence-electron chi connectivity index (χ2n) is 23.0. The van der Waals surface area contributed by atoms with E-state index in [0.29, 0.717) is 62.3 Å². The largest absolute Gasteiger partial charge is 0.508 e. The van der Waals surface area contributed by atoms with Crippen LogP contribution in [0.5, 0.6) is 63.2 Å². The van der Waals surface area contributed by atoms with Gasteiger partial charge in [-0.15, -0.1) is 0 Å². The summed E-state index contributed by atoms with van der Waals surface area (Å²) in [7, 11) is 0. The molecule has 0 radical (unpaired) electrons. The number of benzene rings is 9. The fourth-order valence-electron chi connectivity index (χ4n) is 8.58. The smallest absolute Gasteiger partial charge is 0.320 e. The van der Waals surface area contributed by atoms with Gasteiger partial charge < -0.3 is 105 Å². The van der Waals surface area contributed by atoms with Crippen molar-refractivity contribution in [3.05, 3.63) is 225 Å². The highest BCUT2D eigenvalue weighted by Crippen LogP contribution is 2.39. The van der Waals surface area contributed by atoms with Crippen LogP contribution >= 0.6 is 294 Å². The Morgan fingerprint density at radius 2 is 0.486 bits per heavy atom. The molecule has 26 nitrogen and oxygen atoms in total. The van der Waals surface area contributed by atoms with Gasteiger partial charge in [-0.25, -0.2) is 0 Å². The van der Waals surface area contributed by atoms with Gasteiger partial charge in [-0.2, -0.15) is 0 Å². The van der Waals surface area contributed by atoms with E-state index in [1.165, 1.54) is 6.07 Å². The second kappa shape index (κ2) is 49.7. The Hall–Kier alpha value is -2.55. The third-order valence-corrected chi connectivity index (χ3v) is 24.8. The summed E-state index contributed by atoms with van der Waals surface area (Å²) in [6, 6.07) is 36.9.